The predicted octanol–water partition coefficient (Wildman–Crippen LogP) is 7.37. The molecule has 1 atom stereocenters. The van der Waals surface area contributed by atoms with Crippen LogP contribution in [0.2, 0.25) is 25.7 Å². The molecule has 1 fully saturated rings. The highest BCUT2D eigenvalue weighted by atomic mass is 32.2. The maximum Gasteiger partial charge on any atom is 0.410 e. The topological polar surface area (TPSA) is 113 Å². The first-order chi connectivity index (χ1) is 24.6. The molecule has 0 aliphatic carbocycles. The smallest absolute Gasteiger partial charge is 0.410 e. The van der Waals surface area contributed by atoms with Crippen LogP contribution in [0.3, 0.4) is 0 Å². The summed E-state index contributed by atoms with van der Waals surface area (Å²) in [5, 5.41) is 0. The Kier molecular flexibility index (Phi) is 13.1. The highest BCUT2D eigenvalue weighted by Gasteiger charge is 2.34. The van der Waals surface area contributed by atoms with Gasteiger partial charge in [-0.05, 0) is 79.4 Å². The number of ether oxygens (including phenoxy) is 6. The van der Waals surface area contributed by atoms with Gasteiger partial charge in [-0.25, -0.2) is 13.2 Å². The highest BCUT2D eigenvalue weighted by molar-refractivity contribution is 7.89. The number of benzene rings is 3. The van der Waals surface area contributed by atoms with E-state index in [2.05, 4.69) is 19.6 Å². The molecule has 0 N–H and O–H groups in total. The summed E-state index contributed by atoms with van der Waals surface area (Å²) in [6, 6.07) is 21.2. The van der Waals surface area contributed by atoms with Crippen molar-refractivity contribution in [3.63, 3.8) is 0 Å². The van der Waals surface area contributed by atoms with Crippen molar-refractivity contribution >= 4 is 24.2 Å². The SMILES string of the molecule is CC(C)N(COCC[Si](C)(C)C)S(=O)(=O)c1cccc(COCCOc2ccc(CCN3CC(c4ccc5c(c4)COC(C)(C)O5)OC3=O)cc2)c1. The Balaban J connectivity index is 1.02. The summed E-state index contributed by atoms with van der Waals surface area (Å²) >= 11 is 0. The lowest BCUT2D eigenvalue weighted by Crippen LogP contribution is -2.39. The normalized spacial score (nSPS) is 17.3. The molecule has 3 aromatic rings. The molecule has 284 valence electrons. The standard InChI is InChI=1S/C39H54N2O9SSi/c1-29(2)41(28-46-21-22-52(5,6)7)51(43,44)35-10-8-9-31(23-35)26-45-19-20-47-34-14-11-30(12-15-34)17-18-40-25-37(49-38(40)42)32-13-16-36-33(24-32)27-48-39(3,4)50-36/h8-16,23-24,29,37H,17-22,25-28H2,1-7H3. The van der Waals surface area contributed by atoms with Crippen LogP contribution in [0, 0.1) is 0 Å². The van der Waals surface area contributed by atoms with Gasteiger partial charge in [0.15, 0.2) is 0 Å². The first-order valence-corrected chi connectivity index (χ1v) is 23.1. The molecule has 5 rings (SSSR count). The predicted molar refractivity (Wildman–Crippen MR) is 202 cm³/mol. The molecule has 1 amide bonds. The molecule has 52 heavy (non-hydrogen) atoms. The summed E-state index contributed by atoms with van der Waals surface area (Å²) in [4.78, 5) is 14.6. The summed E-state index contributed by atoms with van der Waals surface area (Å²) in [5.41, 5.74) is 3.71. The lowest BCUT2D eigenvalue weighted by atomic mass is 10.0. The zero-order valence-electron chi connectivity index (χ0n) is 31.6. The van der Waals surface area contributed by atoms with Crippen LogP contribution in [0.5, 0.6) is 11.5 Å². The van der Waals surface area contributed by atoms with E-state index in [1.165, 1.54) is 4.31 Å². The van der Waals surface area contributed by atoms with Crippen molar-refractivity contribution in [2.24, 2.45) is 0 Å². The minimum atomic E-state index is -3.74. The van der Waals surface area contributed by atoms with E-state index in [1.807, 2.05) is 76.2 Å². The first-order valence-electron chi connectivity index (χ1n) is 18.0. The fourth-order valence-corrected chi connectivity index (χ4v) is 8.15. The van der Waals surface area contributed by atoms with Gasteiger partial charge >= 0.3 is 6.09 Å². The van der Waals surface area contributed by atoms with Gasteiger partial charge in [0.05, 0.1) is 31.3 Å². The number of carbonyl (C=O) groups is 1. The summed E-state index contributed by atoms with van der Waals surface area (Å²) < 4.78 is 63.2. The molecule has 1 saturated heterocycles. The zero-order chi connectivity index (χ0) is 37.5. The third-order valence-corrected chi connectivity index (χ3v) is 12.6. The van der Waals surface area contributed by atoms with E-state index in [9.17, 15) is 13.2 Å². The highest BCUT2D eigenvalue weighted by Crippen LogP contribution is 2.35. The van der Waals surface area contributed by atoms with Crippen molar-refractivity contribution in [1.29, 1.82) is 0 Å². The van der Waals surface area contributed by atoms with Crippen LogP contribution in [0.1, 0.15) is 56.1 Å². The second-order valence-corrected chi connectivity index (χ2v) is 22.8. The molecule has 11 nitrogen and oxygen atoms in total. The van der Waals surface area contributed by atoms with Crippen LogP contribution in [-0.4, -0.2) is 83.3 Å². The van der Waals surface area contributed by atoms with Crippen LogP contribution >= 0.6 is 0 Å². The molecular weight excluding hydrogens is 701 g/mol. The van der Waals surface area contributed by atoms with Gasteiger partial charge in [-0.2, -0.15) is 4.31 Å². The van der Waals surface area contributed by atoms with Crippen molar-refractivity contribution < 1.29 is 41.6 Å². The Hall–Kier alpha value is -3.46. The summed E-state index contributed by atoms with van der Waals surface area (Å²) in [6.07, 6.45) is 0.0222. The van der Waals surface area contributed by atoms with Crippen molar-refractivity contribution in [2.75, 3.05) is 39.6 Å². The number of rotatable bonds is 18. The third kappa shape index (κ3) is 11.0. The van der Waals surface area contributed by atoms with Gasteiger partial charge in [-0.1, -0.05) is 50.0 Å². The van der Waals surface area contributed by atoms with Crippen molar-refractivity contribution in [3.05, 3.63) is 89.0 Å². The van der Waals surface area contributed by atoms with E-state index < -0.39 is 23.9 Å². The number of nitrogens with zero attached hydrogens (tertiary/aromatic N) is 2. The van der Waals surface area contributed by atoms with Gasteiger partial charge in [-0.15, -0.1) is 0 Å². The van der Waals surface area contributed by atoms with Crippen LogP contribution in [-0.2, 0) is 48.6 Å². The average Bonchev–Trinajstić information content (AvgIpc) is 3.46. The number of carbonyl (C=O) groups excluding carboxylic acids is 1. The van der Waals surface area contributed by atoms with Gasteiger partial charge in [-0.3, -0.25) is 0 Å². The molecule has 2 aliphatic rings. The van der Waals surface area contributed by atoms with Gasteiger partial charge < -0.3 is 33.3 Å². The summed E-state index contributed by atoms with van der Waals surface area (Å²) in [5.74, 6) is 0.847. The van der Waals surface area contributed by atoms with Gasteiger partial charge in [0.1, 0.15) is 30.9 Å². The maximum atomic E-state index is 13.5. The average molecular weight is 755 g/mol. The minimum absolute atomic E-state index is 0.0273. The molecule has 0 spiro atoms. The van der Waals surface area contributed by atoms with Gasteiger partial charge in [0.2, 0.25) is 15.8 Å². The summed E-state index contributed by atoms with van der Waals surface area (Å²) in [6.45, 7) is 17.3. The Morgan fingerprint density at radius 1 is 0.962 bits per heavy atom. The quantitative estimate of drug-likeness (QED) is 0.0746. The van der Waals surface area contributed by atoms with Gasteiger partial charge in [0.25, 0.3) is 0 Å². The van der Waals surface area contributed by atoms with Crippen LogP contribution in [0.25, 0.3) is 0 Å². The minimum Gasteiger partial charge on any atom is -0.491 e. The van der Waals surface area contributed by atoms with Crippen LogP contribution in [0.4, 0.5) is 4.79 Å². The van der Waals surface area contributed by atoms with E-state index in [0.717, 1.165) is 34.0 Å². The molecule has 0 bridgehead atoms. The van der Waals surface area contributed by atoms with Crippen LogP contribution < -0.4 is 9.47 Å². The summed E-state index contributed by atoms with van der Waals surface area (Å²) in [7, 11) is -5.01. The van der Waals surface area contributed by atoms with E-state index in [4.69, 9.17) is 28.4 Å². The number of amides is 1. The molecular formula is C39H54N2O9SSi. The van der Waals surface area contributed by atoms with E-state index >= 15 is 0 Å². The van der Waals surface area contributed by atoms with E-state index in [-0.39, 0.29) is 36.5 Å². The molecule has 0 radical (unpaired) electrons. The van der Waals surface area contributed by atoms with E-state index in [0.29, 0.717) is 51.7 Å². The van der Waals surface area contributed by atoms with Crippen molar-refractivity contribution in [2.45, 2.75) is 95.8 Å². The Morgan fingerprint density at radius 2 is 1.73 bits per heavy atom. The molecule has 1 unspecified atom stereocenters. The number of sulfonamides is 1. The number of cyclic esters (lactones) is 1. The molecule has 2 aliphatic heterocycles. The number of hydrogen-bond donors (Lipinski definition) is 0. The second-order valence-electron chi connectivity index (χ2n) is 15.3. The monoisotopic (exact) mass is 754 g/mol. The fraction of sp³-hybridized carbons (Fsp3) is 0.513. The number of fused-ring (bicyclic) bond motifs is 1. The van der Waals surface area contributed by atoms with Crippen molar-refractivity contribution in [1.82, 2.24) is 9.21 Å². The Bertz CT molecular complexity index is 1760. The molecule has 0 saturated carbocycles. The molecule has 13 heteroatoms. The third-order valence-electron chi connectivity index (χ3n) is 8.93. The number of hydrogen-bond acceptors (Lipinski definition) is 9. The van der Waals surface area contributed by atoms with E-state index in [1.54, 1.807) is 23.1 Å². The Labute approximate surface area is 310 Å². The van der Waals surface area contributed by atoms with Crippen LogP contribution in [0.15, 0.2) is 71.6 Å². The zero-order valence-corrected chi connectivity index (χ0v) is 33.4. The van der Waals surface area contributed by atoms with Gasteiger partial charge in [0, 0.05) is 46.7 Å². The lowest BCUT2D eigenvalue weighted by Gasteiger charge is -2.32. The second kappa shape index (κ2) is 17.1. The maximum absolute atomic E-state index is 13.5. The lowest BCUT2D eigenvalue weighted by molar-refractivity contribution is -0.180. The largest absolute Gasteiger partial charge is 0.491 e. The fourth-order valence-electron chi connectivity index (χ4n) is 5.81. The Morgan fingerprint density at radius 3 is 2.46 bits per heavy atom. The molecule has 0 aromatic heterocycles. The molecule has 3 aromatic carbocycles. The molecule has 2 heterocycles. The first kappa shape index (κ1) is 39.7. The van der Waals surface area contributed by atoms with Crippen molar-refractivity contribution in [3.8, 4) is 11.5 Å².